The molecular weight excluding hydrogens is 361 g/mol. The van der Waals surface area contributed by atoms with Gasteiger partial charge in [-0.05, 0) is 24.1 Å². The maximum Gasteiger partial charge on any atom is 0.270 e. The summed E-state index contributed by atoms with van der Waals surface area (Å²) >= 11 is 12.2. The van der Waals surface area contributed by atoms with Crippen LogP contribution in [0.2, 0.25) is 10.0 Å². The average molecular weight is 378 g/mol. The Morgan fingerprint density at radius 1 is 1.20 bits per heavy atom. The van der Waals surface area contributed by atoms with Crippen LogP contribution in [0.1, 0.15) is 37.3 Å². The fraction of sp³-hybridized carbons (Fsp3) is 0.389. The van der Waals surface area contributed by atoms with Crippen LogP contribution < -0.4 is 5.56 Å². The van der Waals surface area contributed by atoms with Crippen molar-refractivity contribution in [2.45, 2.75) is 26.2 Å². The van der Waals surface area contributed by atoms with Gasteiger partial charge >= 0.3 is 0 Å². The summed E-state index contributed by atoms with van der Waals surface area (Å²) in [5, 5.41) is 3.60. The largest absolute Gasteiger partial charge is 0.298 e. The van der Waals surface area contributed by atoms with Crippen LogP contribution in [0.25, 0.3) is 0 Å². The second-order valence-electron chi connectivity index (χ2n) is 7.39. The number of aryl methyl sites for hydroxylation is 1. The highest BCUT2D eigenvalue weighted by atomic mass is 35.5. The molecular formula is C18H17Cl2N3O2. The Kier molecular flexibility index (Phi) is 3.54. The van der Waals surface area contributed by atoms with Gasteiger partial charge in [-0.3, -0.25) is 19.4 Å². The van der Waals surface area contributed by atoms with E-state index in [1.807, 2.05) is 19.9 Å². The number of benzene rings is 1. The van der Waals surface area contributed by atoms with Crippen LogP contribution in [0.4, 0.5) is 5.82 Å². The van der Waals surface area contributed by atoms with E-state index in [1.165, 1.54) is 0 Å². The van der Waals surface area contributed by atoms with Crippen LogP contribution in [0.3, 0.4) is 0 Å². The number of nitrogens with zero attached hydrogens (tertiary/aromatic N) is 2. The van der Waals surface area contributed by atoms with E-state index in [2.05, 4.69) is 10.1 Å². The van der Waals surface area contributed by atoms with E-state index in [9.17, 15) is 9.59 Å². The molecule has 0 bridgehead atoms. The number of aliphatic imine (C=N–C) groups is 1. The standard InChI is InChI=1S/C18H17Cl2N3O2/c1-18(2)7-11-13(15(18)24)12(8-4-5-9(19)10(20)6-8)14-16(21-11)23(3)22-17(14)25/h4-6,12-13H,7H2,1-3H3,(H,22,25). The number of halogens is 2. The van der Waals surface area contributed by atoms with Gasteiger partial charge in [0.2, 0.25) is 0 Å². The summed E-state index contributed by atoms with van der Waals surface area (Å²) in [6, 6.07) is 5.27. The van der Waals surface area contributed by atoms with Crippen molar-refractivity contribution in [3.8, 4) is 0 Å². The van der Waals surface area contributed by atoms with E-state index in [0.717, 1.165) is 11.3 Å². The normalized spacial score (nSPS) is 24.0. The van der Waals surface area contributed by atoms with Gasteiger partial charge in [-0.25, -0.2) is 4.99 Å². The number of Topliss-reactive ketones (excluding diaryl/α,β-unsaturated/α-hetero) is 1. The number of aromatic nitrogens is 2. The molecule has 25 heavy (non-hydrogen) atoms. The van der Waals surface area contributed by atoms with E-state index in [4.69, 9.17) is 23.2 Å². The first-order valence-corrected chi connectivity index (χ1v) is 8.82. The predicted octanol–water partition coefficient (Wildman–Crippen LogP) is 3.85. The summed E-state index contributed by atoms with van der Waals surface area (Å²) in [5.41, 5.74) is 1.42. The third-order valence-electron chi connectivity index (χ3n) is 5.20. The third-order valence-corrected chi connectivity index (χ3v) is 5.94. The number of fused-ring (bicyclic) bond motifs is 2. The molecule has 5 nitrogen and oxygen atoms in total. The van der Waals surface area contributed by atoms with Gasteiger partial charge < -0.3 is 0 Å². The quantitative estimate of drug-likeness (QED) is 0.819. The summed E-state index contributed by atoms with van der Waals surface area (Å²) in [7, 11) is 1.75. The summed E-state index contributed by atoms with van der Waals surface area (Å²) in [6.07, 6.45) is 0.590. The lowest BCUT2D eigenvalue weighted by atomic mass is 9.76. The minimum absolute atomic E-state index is 0.108. The Hall–Kier alpha value is -1.85. The first-order chi connectivity index (χ1) is 11.7. The number of ketones is 1. The minimum atomic E-state index is -0.493. The van der Waals surface area contributed by atoms with Gasteiger partial charge in [-0.15, -0.1) is 0 Å². The Morgan fingerprint density at radius 3 is 2.60 bits per heavy atom. The lowest BCUT2D eigenvalue weighted by Crippen LogP contribution is -2.32. The van der Waals surface area contributed by atoms with E-state index >= 15 is 0 Å². The topological polar surface area (TPSA) is 67.2 Å². The van der Waals surface area contributed by atoms with Gasteiger partial charge in [-0.2, -0.15) is 0 Å². The zero-order valence-electron chi connectivity index (χ0n) is 14.1. The smallest absolute Gasteiger partial charge is 0.270 e. The maximum absolute atomic E-state index is 13.1. The van der Waals surface area contributed by atoms with Crippen LogP contribution in [0.5, 0.6) is 0 Å². The Morgan fingerprint density at radius 2 is 1.92 bits per heavy atom. The van der Waals surface area contributed by atoms with Crippen LogP contribution in [0, 0.1) is 11.3 Å². The van der Waals surface area contributed by atoms with Crippen molar-refractivity contribution >= 4 is 40.5 Å². The van der Waals surface area contributed by atoms with E-state index in [0.29, 0.717) is 27.8 Å². The Labute approximate surface area is 154 Å². The number of nitrogens with one attached hydrogen (secondary N) is 1. The Bertz CT molecular complexity index is 1000. The summed E-state index contributed by atoms with van der Waals surface area (Å²) in [5.74, 6) is -0.159. The molecule has 1 saturated carbocycles. The van der Waals surface area contributed by atoms with Gasteiger partial charge in [0, 0.05) is 24.1 Å². The monoisotopic (exact) mass is 377 g/mol. The fourth-order valence-electron chi connectivity index (χ4n) is 4.01. The maximum atomic E-state index is 13.1. The highest BCUT2D eigenvalue weighted by molar-refractivity contribution is 6.42. The molecule has 2 aliphatic rings. The summed E-state index contributed by atoms with van der Waals surface area (Å²) in [6.45, 7) is 3.86. The van der Waals surface area contributed by atoms with Crippen molar-refractivity contribution in [1.82, 2.24) is 9.78 Å². The molecule has 4 rings (SSSR count). The van der Waals surface area contributed by atoms with Crippen molar-refractivity contribution in [2.24, 2.45) is 23.4 Å². The molecule has 0 amide bonds. The third kappa shape index (κ3) is 2.33. The second-order valence-corrected chi connectivity index (χ2v) is 8.21. The van der Waals surface area contributed by atoms with Gasteiger partial charge in [0.15, 0.2) is 5.82 Å². The van der Waals surface area contributed by atoms with Crippen molar-refractivity contribution in [3.05, 3.63) is 49.7 Å². The molecule has 0 spiro atoms. The van der Waals surface area contributed by atoms with Crippen molar-refractivity contribution < 1.29 is 4.79 Å². The predicted molar refractivity (Wildman–Crippen MR) is 98.3 cm³/mol. The molecule has 130 valence electrons. The lowest BCUT2D eigenvalue weighted by molar-refractivity contribution is -0.127. The molecule has 2 unspecified atom stereocenters. The molecule has 2 aromatic rings. The van der Waals surface area contributed by atoms with E-state index in [1.54, 1.807) is 23.9 Å². The number of aromatic amines is 1. The molecule has 7 heteroatoms. The number of hydrogen-bond donors (Lipinski definition) is 1. The number of carbonyl (C=O) groups is 1. The number of H-pyrrole nitrogens is 1. The molecule has 2 atom stereocenters. The molecule has 0 saturated heterocycles. The fourth-order valence-corrected chi connectivity index (χ4v) is 4.31. The summed E-state index contributed by atoms with van der Waals surface area (Å²) < 4.78 is 1.61. The van der Waals surface area contributed by atoms with Crippen LogP contribution in [-0.2, 0) is 11.8 Å². The van der Waals surface area contributed by atoms with Gasteiger partial charge in [0.05, 0.1) is 21.5 Å². The highest BCUT2D eigenvalue weighted by Gasteiger charge is 2.52. The molecule has 2 heterocycles. The van der Waals surface area contributed by atoms with Gasteiger partial charge in [0.25, 0.3) is 5.56 Å². The van der Waals surface area contributed by atoms with Gasteiger partial charge in [-0.1, -0.05) is 43.1 Å². The molecule has 1 aliphatic heterocycles. The first kappa shape index (κ1) is 16.6. The summed E-state index contributed by atoms with van der Waals surface area (Å²) in [4.78, 5) is 30.3. The molecule has 1 aromatic carbocycles. The minimum Gasteiger partial charge on any atom is -0.298 e. The van der Waals surface area contributed by atoms with E-state index in [-0.39, 0.29) is 11.3 Å². The molecule has 1 aliphatic carbocycles. The first-order valence-electron chi connectivity index (χ1n) is 8.06. The van der Waals surface area contributed by atoms with Crippen LogP contribution >= 0.6 is 23.2 Å². The molecule has 1 fully saturated rings. The number of carbonyl (C=O) groups excluding carboxylic acids is 1. The number of rotatable bonds is 1. The molecule has 1 aromatic heterocycles. The van der Waals surface area contributed by atoms with Crippen molar-refractivity contribution in [3.63, 3.8) is 0 Å². The van der Waals surface area contributed by atoms with Gasteiger partial charge in [0.1, 0.15) is 5.78 Å². The van der Waals surface area contributed by atoms with Crippen molar-refractivity contribution in [1.29, 1.82) is 0 Å². The average Bonchev–Trinajstić information content (AvgIpc) is 2.94. The number of hydrogen-bond acceptors (Lipinski definition) is 3. The highest BCUT2D eigenvalue weighted by Crippen LogP contribution is 2.50. The van der Waals surface area contributed by atoms with Crippen molar-refractivity contribution in [2.75, 3.05) is 0 Å². The molecule has 1 N–H and O–H groups in total. The second kappa shape index (κ2) is 5.32. The SMILES string of the molecule is Cn1[nH]c(=O)c2c1N=C1CC(C)(C)C(=O)C1C2c1ccc(Cl)c(Cl)c1. The van der Waals surface area contributed by atoms with E-state index < -0.39 is 17.3 Å². The zero-order chi connectivity index (χ0) is 18.1. The van der Waals surface area contributed by atoms with Crippen LogP contribution in [-0.4, -0.2) is 21.3 Å². The van der Waals surface area contributed by atoms with Crippen LogP contribution in [0.15, 0.2) is 28.0 Å². The zero-order valence-corrected chi connectivity index (χ0v) is 15.6. The molecule has 0 radical (unpaired) electrons. The lowest BCUT2D eigenvalue weighted by Gasteiger charge is -2.27. The Balaban J connectivity index is 2.00.